The van der Waals surface area contributed by atoms with Crippen molar-refractivity contribution in [2.45, 2.75) is 237 Å². The third-order valence-corrected chi connectivity index (χ3v) is 28.3. The zero-order valence-corrected chi connectivity index (χ0v) is 84.4. The largest absolute Gasteiger partial charge is 0.396 e. The molecule has 0 spiro atoms. The van der Waals surface area contributed by atoms with Crippen molar-refractivity contribution in [1.82, 2.24) is 99.6 Å². The molecule has 10 aromatic heterocycles. The minimum atomic E-state index is -0.253. The van der Waals surface area contributed by atoms with Gasteiger partial charge in [-0.2, -0.15) is 48.1 Å². The summed E-state index contributed by atoms with van der Waals surface area (Å²) in [5.74, 6) is 8.82. The van der Waals surface area contributed by atoms with Gasteiger partial charge in [-0.25, -0.2) is 24.9 Å². The van der Waals surface area contributed by atoms with Gasteiger partial charge in [-0.15, -0.1) is 0 Å². The number of morpholine rings is 2. The first-order valence-electron chi connectivity index (χ1n) is 51.5. The first-order chi connectivity index (χ1) is 71.0. The Hall–Kier alpha value is -15.1. The van der Waals surface area contributed by atoms with Crippen LogP contribution in [0.25, 0.3) is 58.6 Å². The van der Waals surface area contributed by atoms with Crippen molar-refractivity contribution < 1.29 is 43.3 Å². The number of ether oxygens (including phenoxy) is 3. The number of amides is 5. The number of nitrogens with one attached hydrogen (secondary N) is 12. The third-order valence-electron chi connectivity index (χ3n) is 28.3. The van der Waals surface area contributed by atoms with Crippen molar-refractivity contribution in [3.63, 3.8) is 0 Å². The Morgan fingerprint density at radius 1 is 0.422 bits per heavy atom. The summed E-state index contributed by atoms with van der Waals surface area (Å²) in [4.78, 5) is 89.8. The monoisotopic (exact) mass is 1990 g/mol. The van der Waals surface area contributed by atoms with Gasteiger partial charge in [0.1, 0.15) is 58.2 Å². The second kappa shape index (κ2) is 41.4. The number of benzene rings is 1. The van der Waals surface area contributed by atoms with E-state index in [2.05, 4.69) is 220 Å². The lowest BCUT2D eigenvalue weighted by Gasteiger charge is -2.36. The van der Waals surface area contributed by atoms with E-state index in [1.54, 1.807) is 23.1 Å². The zero-order valence-electron chi connectivity index (χ0n) is 84.4. The fourth-order valence-electron chi connectivity index (χ4n) is 19.7. The van der Waals surface area contributed by atoms with Gasteiger partial charge in [0.05, 0.1) is 93.5 Å². The van der Waals surface area contributed by atoms with Crippen LogP contribution >= 0.6 is 0 Å². The SMILES string of the molecule is C=C1NC(=O)C/C1=C\c1cnn2c(NC3CC3)cc(N(C)C3CCOCC3)nc12.C=C1NC(=O)C/C1=C\c1cnn2c(NC3CC3)cc(N3CC(C)OC(C)C3)nc12.C=C1NC(=O)C/C1=C\c1cnn2c(NC3CC3)cc(N3C[C@@H](C)O[C@@H](C)C3)nc12.C=C1NC(=O)C/C1=C\c1cnn2c(NC3CC3)cc(NC3CCCc4ccccc43)nc12.C=C1NC(=O)C/C1=C\c1cnn2c(NC3CC3)cc(NCC(C)(C)CO)nc12. The number of fused-ring (bicyclic) bond motifs is 6. The first kappa shape index (κ1) is 98.0. The molecular weight excluding hydrogens is 1860 g/mol. The number of allylic oxidation sites excluding steroid dienone is 5. The molecule has 8 saturated heterocycles. The van der Waals surface area contributed by atoms with Crippen LogP contribution in [0.3, 0.4) is 0 Å². The number of carbonyl (C=O) groups excluding carboxylic acids is 5. The van der Waals surface area contributed by atoms with Gasteiger partial charge in [-0.3, -0.25) is 24.0 Å². The highest BCUT2D eigenvalue weighted by Crippen LogP contribution is 2.41. The summed E-state index contributed by atoms with van der Waals surface area (Å²) in [5.41, 5.74) is 18.3. The number of aryl methyl sites for hydroxylation is 1. The van der Waals surface area contributed by atoms with Gasteiger partial charge in [-0.1, -0.05) is 71.0 Å². The number of aliphatic hydroxyl groups excluding tert-OH is 1. The predicted molar refractivity (Wildman–Crippen MR) is 569 cm³/mol. The fourth-order valence-corrected chi connectivity index (χ4v) is 19.7. The maximum Gasteiger partial charge on any atom is 0.228 e. The van der Waals surface area contributed by atoms with E-state index in [1.165, 1.54) is 62.5 Å². The second-order valence-corrected chi connectivity index (χ2v) is 41.9. The second-order valence-electron chi connectivity index (χ2n) is 41.9. The van der Waals surface area contributed by atoms with Crippen LogP contribution in [-0.2, 0) is 44.6 Å². The van der Waals surface area contributed by atoms with Gasteiger partial charge in [0.2, 0.25) is 29.5 Å². The molecular formula is C108H130N30O9. The highest BCUT2D eigenvalue weighted by atomic mass is 16.5. The van der Waals surface area contributed by atoms with E-state index in [-0.39, 0.29) is 72.0 Å². The molecule has 14 aliphatic rings. The van der Waals surface area contributed by atoms with Crippen molar-refractivity contribution in [1.29, 1.82) is 0 Å². The van der Waals surface area contributed by atoms with E-state index >= 15 is 0 Å². The van der Waals surface area contributed by atoms with Crippen LogP contribution in [0.2, 0.25) is 0 Å². The van der Waals surface area contributed by atoms with Gasteiger partial charge in [0.15, 0.2) is 28.2 Å². The molecule has 8 aliphatic heterocycles. The first-order valence-corrected chi connectivity index (χ1v) is 51.5. The predicted octanol–water partition coefficient (Wildman–Crippen LogP) is 13.4. The molecule has 6 aliphatic carbocycles. The van der Waals surface area contributed by atoms with Gasteiger partial charge >= 0.3 is 0 Å². The highest BCUT2D eigenvalue weighted by Gasteiger charge is 2.36. The van der Waals surface area contributed by atoms with Gasteiger partial charge in [-0.05, 0) is 193 Å². The number of nitrogens with zero attached hydrogens (tertiary/aromatic N) is 18. The molecule has 13 N–H and O–H groups in total. The molecule has 3 unspecified atom stereocenters. The Morgan fingerprint density at radius 3 is 1.10 bits per heavy atom. The molecule has 25 rings (SSSR count). The number of aliphatic hydroxyl groups is 1. The summed E-state index contributed by atoms with van der Waals surface area (Å²) in [5, 5.41) is 71.0. The average Bonchev–Trinajstić information content (AvgIpc) is 1.58. The van der Waals surface area contributed by atoms with E-state index in [9.17, 15) is 29.1 Å². The minimum Gasteiger partial charge on any atom is -0.396 e. The molecule has 766 valence electrons. The summed E-state index contributed by atoms with van der Waals surface area (Å²) in [6, 6.07) is 22.0. The molecule has 0 bridgehead atoms. The molecule has 5 amide bonds. The molecule has 18 heterocycles. The standard InChI is InChI=1S/C25H26N6O.3C21H26N6O2.C20H26N6O2/c1-15-17(12-24(32)27-15)11-18-14-26-31-23(28-19-9-10-19)13-22(30-25(18)31)29-21-8-4-6-16-5-2-3-7-20(16)21;2*1-12-10-26(11-13(2)29-12)18-8-19(24-17-4-5-17)27-21(25-18)16(9-22-27)6-15-7-20(28)23-14(15)3;1-13-14(10-20(28)23-13)9-15-12-22-27-19(24-16-3-4-16)11-18(25-21(15)27)26(2)17-5-7-29-8-6-17;1-12-13(7-18(28)23-12)6-14-9-22-26-17(24-15-4-5-15)8-16(25-19(14)26)21-10-20(2,3)11-27/h2-3,5,7,11,13-14,19,21,28H,1,4,6,8-10,12H2,(H,27,32)(H,29,30);2*6,8-9,12-13,17,24H,3-5,7,10-11H2,1-2H3,(H,23,28);9,11-12,16-17,24H,1,3-8,10H2,2H3,(H,23,28);6,8-9,15,24,27H,1,4-5,7,10-11H2,2-3H3,(H,21,25)(H,23,28)/b17-11+;2*15-6+;14-9+;13-6+/t;12-,13+;;;. The summed E-state index contributed by atoms with van der Waals surface area (Å²) >= 11 is 0. The Balaban J connectivity index is 0.000000108. The Labute approximate surface area is 851 Å². The van der Waals surface area contributed by atoms with Crippen LogP contribution in [0.1, 0.15) is 209 Å². The van der Waals surface area contributed by atoms with Crippen LogP contribution in [0.5, 0.6) is 0 Å². The van der Waals surface area contributed by atoms with Crippen LogP contribution in [-0.4, -0.2) is 228 Å². The topological polar surface area (TPSA) is 438 Å². The highest BCUT2D eigenvalue weighted by molar-refractivity contribution is 5.94. The van der Waals surface area contributed by atoms with E-state index in [4.69, 9.17) is 39.1 Å². The number of carbonyl (C=O) groups is 5. The minimum absolute atomic E-state index is 0.0262. The maximum absolute atomic E-state index is 11.7. The summed E-state index contributed by atoms with van der Waals surface area (Å²) < 4.78 is 26.5. The fraction of sp³-hybridized carbons (Fsp3) is 0.435. The van der Waals surface area contributed by atoms with Crippen molar-refractivity contribution in [3.8, 4) is 0 Å². The number of hydrogen-bond donors (Lipinski definition) is 13. The molecule has 39 nitrogen and oxygen atoms in total. The van der Waals surface area contributed by atoms with E-state index in [0.717, 1.165) is 221 Å². The van der Waals surface area contributed by atoms with Crippen LogP contribution < -0.4 is 78.5 Å². The molecule has 5 atom stereocenters. The Morgan fingerprint density at radius 2 is 0.748 bits per heavy atom. The van der Waals surface area contributed by atoms with Gasteiger partial charge in [0.25, 0.3) is 0 Å². The lowest BCUT2D eigenvalue weighted by Crippen LogP contribution is -2.46. The molecule has 0 radical (unpaired) electrons. The molecule has 5 saturated carbocycles. The molecule has 147 heavy (non-hydrogen) atoms. The number of anilines is 10. The zero-order chi connectivity index (χ0) is 102. The summed E-state index contributed by atoms with van der Waals surface area (Å²) in [7, 11) is 2.10. The van der Waals surface area contributed by atoms with E-state index in [1.807, 2.05) is 80.7 Å². The van der Waals surface area contributed by atoms with Crippen LogP contribution in [0.15, 0.2) is 175 Å². The summed E-state index contributed by atoms with van der Waals surface area (Å²) in [6.07, 6.45) is 38.1. The van der Waals surface area contributed by atoms with Gasteiger partial charge in [0, 0.05) is 188 Å². The van der Waals surface area contributed by atoms with E-state index in [0.29, 0.717) is 109 Å². The molecule has 11 aromatic rings. The van der Waals surface area contributed by atoms with Crippen molar-refractivity contribution in [2.24, 2.45) is 5.41 Å². The van der Waals surface area contributed by atoms with Crippen molar-refractivity contribution >= 4 is 146 Å². The molecule has 13 fully saturated rings. The average molecular weight is 1990 g/mol. The number of rotatable bonds is 25. The molecule has 39 heteroatoms. The summed E-state index contributed by atoms with van der Waals surface area (Å²) in [6.45, 7) is 37.5. The number of aromatic nitrogens is 15. The third kappa shape index (κ3) is 23.1. The normalized spacial score (nSPS) is 23.0. The van der Waals surface area contributed by atoms with E-state index < -0.39 is 0 Å². The lowest BCUT2D eigenvalue weighted by atomic mass is 9.88. The van der Waals surface area contributed by atoms with Gasteiger partial charge < -0.3 is 97.8 Å². The lowest BCUT2D eigenvalue weighted by molar-refractivity contribution is -0.119. The van der Waals surface area contributed by atoms with Crippen LogP contribution in [0, 0.1) is 5.41 Å². The molecule has 1 aromatic carbocycles. The van der Waals surface area contributed by atoms with Crippen molar-refractivity contribution in [3.05, 3.63) is 214 Å². The Bertz CT molecular complexity index is 7060. The maximum atomic E-state index is 11.7. The Kier molecular flexibility index (Phi) is 27.6. The van der Waals surface area contributed by atoms with Crippen LogP contribution in [0.4, 0.5) is 58.2 Å². The van der Waals surface area contributed by atoms with Crippen molar-refractivity contribution in [2.75, 3.05) is 112 Å². The quantitative estimate of drug-likeness (QED) is 0.0253. The smallest absolute Gasteiger partial charge is 0.228 e. The number of hydrogen-bond acceptors (Lipinski definition) is 29.